The lowest BCUT2D eigenvalue weighted by atomic mass is 10.00. The molecule has 1 amide bonds. The molecule has 2 atom stereocenters. The summed E-state index contributed by atoms with van der Waals surface area (Å²) in [6.45, 7) is 5.76. The van der Waals surface area contributed by atoms with E-state index in [0.717, 1.165) is 39.8 Å². The summed E-state index contributed by atoms with van der Waals surface area (Å²) in [5.74, 6) is 0.665. The number of carbonyl (C=O) groups excluding carboxylic acids is 1. The summed E-state index contributed by atoms with van der Waals surface area (Å²) in [4.78, 5) is 19.1. The Balaban J connectivity index is 1.62. The van der Waals surface area contributed by atoms with Crippen molar-refractivity contribution in [3.63, 3.8) is 0 Å². The van der Waals surface area contributed by atoms with E-state index >= 15 is 0 Å². The topological polar surface area (TPSA) is 71.4 Å². The number of carbonyl (C=O) groups is 1. The number of ether oxygens (including phenoxy) is 1. The van der Waals surface area contributed by atoms with Gasteiger partial charge in [-0.05, 0) is 79.3 Å². The van der Waals surface area contributed by atoms with Crippen LogP contribution in [-0.4, -0.2) is 27.7 Å². The van der Waals surface area contributed by atoms with Crippen molar-refractivity contribution in [2.45, 2.75) is 32.9 Å². The van der Waals surface area contributed by atoms with Crippen molar-refractivity contribution in [2.75, 3.05) is 17.3 Å². The zero-order valence-electron chi connectivity index (χ0n) is 21.9. The average molecular weight is 526 g/mol. The number of thiocarbonyl (C=S) groups is 1. The number of hydrogen-bond acceptors (Lipinski definition) is 4. The number of nitrogens with one attached hydrogen (secondary N) is 2. The number of pyridine rings is 1. The molecule has 2 N–H and O–H groups in total. The second kappa shape index (κ2) is 10.7. The van der Waals surface area contributed by atoms with Crippen molar-refractivity contribution >= 4 is 34.6 Å². The number of para-hydroxylation sites is 2. The minimum absolute atomic E-state index is 0.0121. The number of rotatable bonds is 7. The highest BCUT2D eigenvalue weighted by molar-refractivity contribution is 7.80. The molecule has 0 saturated carbocycles. The maximum Gasteiger partial charge on any atom is 0.226 e. The van der Waals surface area contributed by atoms with Crippen LogP contribution in [0.2, 0.25) is 0 Å². The van der Waals surface area contributed by atoms with E-state index in [0.29, 0.717) is 5.11 Å². The molecule has 5 rings (SSSR count). The number of aromatic nitrogens is 2. The third kappa shape index (κ3) is 4.75. The fourth-order valence-electron chi connectivity index (χ4n) is 4.83. The van der Waals surface area contributed by atoms with E-state index in [1.54, 1.807) is 13.3 Å². The van der Waals surface area contributed by atoms with E-state index in [1.807, 2.05) is 87.6 Å². The van der Waals surface area contributed by atoms with Crippen LogP contribution < -0.4 is 20.3 Å². The Morgan fingerprint density at radius 3 is 2.58 bits per heavy atom. The summed E-state index contributed by atoms with van der Waals surface area (Å²) in [6.07, 6.45) is 3.84. The van der Waals surface area contributed by atoms with Gasteiger partial charge in [-0.1, -0.05) is 32.0 Å². The Labute approximate surface area is 228 Å². The fraction of sp³-hybridized carbons (Fsp3) is 0.233. The van der Waals surface area contributed by atoms with Gasteiger partial charge in [-0.15, -0.1) is 0 Å². The van der Waals surface area contributed by atoms with Gasteiger partial charge in [-0.25, -0.2) is 0 Å². The SMILES string of the molecule is COc1ccccc1-n1cccc1C1C(c2ccccn2)NC(=S)N1c1ccc(NC(=O)C(C)C)c(C)c1. The summed E-state index contributed by atoms with van der Waals surface area (Å²) in [7, 11) is 1.68. The van der Waals surface area contributed by atoms with Crippen molar-refractivity contribution < 1.29 is 9.53 Å². The second-order valence-corrected chi connectivity index (χ2v) is 10.0. The lowest BCUT2D eigenvalue weighted by molar-refractivity contribution is -0.118. The lowest BCUT2D eigenvalue weighted by Crippen LogP contribution is -2.30. The van der Waals surface area contributed by atoms with Crippen LogP contribution in [0.4, 0.5) is 11.4 Å². The number of methoxy groups -OCH3 is 1. The van der Waals surface area contributed by atoms with Gasteiger partial charge in [0.05, 0.1) is 24.5 Å². The minimum Gasteiger partial charge on any atom is -0.495 e. The number of aryl methyl sites for hydroxylation is 1. The number of benzene rings is 2. The first-order chi connectivity index (χ1) is 18.4. The lowest BCUT2D eigenvalue weighted by Gasteiger charge is -2.29. The van der Waals surface area contributed by atoms with Crippen molar-refractivity contribution in [2.24, 2.45) is 5.92 Å². The molecule has 0 spiro atoms. The molecular formula is C30H31N5O2S. The highest BCUT2D eigenvalue weighted by Crippen LogP contribution is 2.43. The smallest absolute Gasteiger partial charge is 0.226 e. The normalized spacial score (nSPS) is 17.0. The van der Waals surface area contributed by atoms with Gasteiger partial charge in [-0.2, -0.15) is 0 Å². The Bertz CT molecular complexity index is 1470. The molecule has 0 radical (unpaired) electrons. The summed E-state index contributed by atoms with van der Waals surface area (Å²) in [5, 5.41) is 7.16. The van der Waals surface area contributed by atoms with Gasteiger partial charge in [0, 0.05) is 35.4 Å². The molecule has 2 unspecified atom stereocenters. The predicted octanol–water partition coefficient (Wildman–Crippen LogP) is 5.96. The Hall–Kier alpha value is -4.17. The molecule has 1 aliphatic rings. The molecule has 38 heavy (non-hydrogen) atoms. The number of hydrogen-bond donors (Lipinski definition) is 2. The average Bonchev–Trinajstić information content (AvgIpc) is 3.54. The first-order valence-corrected chi connectivity index (χ1v) is 13.0. The number of anilines is 2. The van der Waals surface area contributed by atoms with Crippen molar-refractivity contribution in [3.8, 4) is 11.4 Å². The Kier molecular flexibility index (Phi) is 7.15. The Morgan fingerprint density at radius 1 is 1.08 bits per heavy atom. The van der Waals surface area contributed by atoms with Crippen LogP contribution in [0.3, 0.4) is 0 Å². The van der Waals surface area contributed by atoms with Crippen LogP contribution in [-0.2, 0) is 4.79 Å². The molecule has 194 valence electrons. The van der Waals surface area contributed by atoms with E-state index in [9.17, 15) is 4.79 Å². The second-order valence-electron chi connectivity index (χ2n) is 9.61. The maximum atomic E-state index is 12.3. The highest BCUT2D eigenvalue weighted by atomic mass is 32.1. The van der Waals surface area contributed by atoms with E-state index < -0.39 is 0 Å². The van der Waals surface area contributed by atoms with Gasteiger partial charge in [0.15, 0.2) is 5.11 Å². The zero-order valence-corrected chi connectivity index (χ0v) is 22.7. The standard InChI is InChI=1S/C30H31N5O2S/c1-19(2)29(36)32-22-15-14-21(18-20(22)3)35-28(27(33-30(35)38)23-10-7-8-16-31-23)25-12-9-17-34(25)24-11-5-6-13-26(24)37-4/h5-19,27-28H,1-4H3,(H,32,36)(H,33,38). The van der Waals surface area contributed by atoms with Crippen LogP contribution in [0.25, 0.3) is 5.69 Å². The van der Waals surface area contributed by atoms with E-state index in [4.69, 9.17) is 17.0 Å². The van der Waals surface area contributed by atoms with Gasteiger partial charge in [0.25, 0.3) is 0 Å². The largest absolute Gasteiger partial charge is 0.495 e. The molecule has 1 aliphatic heterocycles. The summed E-state index contributed by atoms with van der Waals surface area (Å²) < 4.78 is 7.83. The summed E-state index contributed by atoms with van der Waals surface area (Å²) in [5.41, 5.74) is 5.55. The van der Waals surface area contributed by atoms with Crippen molar-refractivity contribution in [3.05, 3.63) is 102 Å². The maximum absolute atomic E-state index is 12.3. The van der Waals surface area contributed by atoms with Gasteiger partial charge in [0.2, 0.25) is 5.91 Å². The van der Waals surface area contributed by atoms with Crippen molar-refractivity contribution in [1.82, 2.24) is 14.9 Å². The molecule has 1 saturated heterocycles. The molecule has 3 heterocycles. The monoisotopic (exact) mass is 525 g/mol. The Morgan fingerprint density at radius 2 is 1.87 bits per heavy atom. The van der Waals surface area contributed by atoms with Crippen molar-refractivity contribution in [1.29, 1.82) is 0 Å². The molecule has 1 fully saturated rings. The summed E-state index contributed by atoms with van der Waals surface area (Å²) >= 11 is 5.92. The highest BCUT2D eigenvalue weighted by Gasteiger charge is 2.42. The summed E-state index contributed by atoms with van der Waals surface area (Å²) in [6, 6.07) is 23.6. The van der Waals surface area contributed by atoms with Crippen LogP contribution in [0.5, 0.6) is 5.75 Å². The van der Waals surface area contributed by atoms with E-state index in [-0.39, 0.29) is 23.9 Å². The van der Waals surface area contributed by atoms with Gasteiger partial charge < -0.3 is 24.8 Å². The quantitative estimate of drug-likeness (QED) is 0.290. The molecule has 8 heteroatoms. The predicted molar refractivity (Wildman–Crippen MR) is 155 cm³/mol. The number of amides is 1. The molecule has 4 aromatic rings. The minimum atomic E-state index is -0.201. The van der Waals surface area contributed by atoms with Crippen LogP contribution in [0.15, 0.2) is 85.2 Å². The van der Waals surface area contributed by atoms with Crippen LogP contribution in [0, 0.1) is 12.8 Å². The first kappa shape index (κ1) is 25.5. The molecular weight excluding hydrogens is 494 g/mol. The van der Waals surface area contributed by atoms with Crippen LogP contribution in [0.1, 0.15) is 42.9 Å². The molecule has 7 nitrogen and oxygen atoms in total. The molecule has 2 aromatic heterocycles. The van der Waals surface area contributed by atoms with Gasteiger partial charge in [0.1, 0.15) is 11.8 Å². The van der Waals surface area contributed by atoms with E-state index in [2.05, 4.69) is 37.2 Å². The van der Waals surface area contributed by atoms with Gasteiger partial charge in [-0.3, -0.25) is 9.78 Å². The number of nitrogens with zero attached hydrogens (tertiary/aromatic N) is 3. The first-order valence-electron chi connectivity index (χ1n) is 12.6. The molecule has 0 aliphatic carbocycles. The zero-order chi connectivity index (χ0) is 26.8. The third-order valence-electron chi connectivity index (χ3n) is 6.80. The van der Waals surface area contributed by atoms with E-state index in [1.165, 1.54) is 0 Å². The van der Waals surface area contributed by atoms with Gasteiger partial charge >= 0.3 is 0 Å². The molecule has 0 bridgehead atoms. The van der Waals surface area contributed by atoms with Crippen LogP contribution >= 0.6 is 12.2 Å². The molecule has 2 aromatic carbocycles. The fourth-order valence-corrected chi connectivity index (χ4v) is 5.18. The third-order valence-corrected chi connectivity index (χ3v) is 7.11.